The van der Waals surface area contributed by atoms with Crippen molar-refractivity contribution in [1.82, 2.24) is 10.2 Å². The maximum Gasteiger partial charge on any atom is 0.119 e. The lowest BCUT2D eigenvalue weighted by atomic mass is 10.0. The van der Waals surface area contributed by atoms with E-state index < -0.39 is 0 Å². The molecular formula is C16H28N2O2. The van der Waals surface area contributed by atoms with E-state index >= 15 is 0 Å². The summed E-state index contributed by atoms with van der Waals surface area (Å²) in [7, 11) is 7.65. The van der Waals surface area contributed by atoms with E-state index in [0.717, 1.165) is 25.3 Å². The lowest BCUT2D eigenvalue weighted by Crippen LogP contribution is -2.36. The summed E-state index contributed by atoms with van der Waals surface area (Å²) in [6.07, 6.45) is 1.02. The fraction of sp³-hybridized carbons (Fsp3) is 0.625. The molecule has 0 aliphatic carbocycles. The fourth-order valence-electron chi connectivity index (χ4n) is 2.16. The smallest absolute Gasteiger partial charge is 0.119 e. The van der Waals surface area contributed by atoms with Crippen LogP contribution in [0.2, 0.25) is 0 Å². The molecule has 0 aliphatic heterocycles. The highest BCUT2D eigenvalue weighted by Gasteiger charge is 2.15. The summed E-state index contributed by atoms with van der Waals surface area (Å²) in [6, 6.07) is 9.04. The Kier molecular flexibility index (Phi) is 7.59. The van der Waals surface area contributed by atoms with Gasteiger partial charge in [-0.15, -0.1) is 0 Å². The van der Waals surface area contributed by atoms with Crippen LogP contribution in [0.4, 0.5) is 0 Å². The molecular weight excluding hydrogens is 252 g/mol. The van der Waals surface area contributed by atoms with Crippen LogP contribution in [0.1, 0.15) is 24.9 Å². The summed E-state index contributed by atoms with van der Waals surface area (Å²) >= 11 is 0. The van der Waals surface area contributed by atoms with Gasteiger partial charge in [0.2, 0.25) is 0 Å². The van der Waals surface area contributed by atoms with Crippen LogP contribution in [-0.2, 0) is 4.74 Å². The van der Waals surface area contributed by atoms with Crippen LogP contribution in [0, 0.1) is 0 Å². The Bertz CT molecular complexity index is 382. The van der Waals surface area contributed by atoms with Crippen LogP contribution < -0.4 is 10.1 Å². The van der Waals surface area contributed by atoms with Gasteiger partial charge in [0.15, 0.2) is 0 Å². The van der Waals surface area contributed by atoms with Crippen LogP contribution in [0.5, 0.6) is 5.75 Å². The first kappa shape index (κ1) is 17.0. The monoisotopic (exact) mass is 280 g/mol. The Balaban J connectivity index is 2.64. The van der Waals surface area contributed by atoms with Crippen molar-refractivity contribution in [2.24, 2.45) is 0 Å². The molecule has 4 nitrogen and oxygen atoms in total. The number of ether oxygens (including phenoxy) is 2. The van der Waals surface area contributed by atoms with Crippen molar-refractivity contribution in [3.63, 3.8) is 0 Å². The van der Waals surface area contributed by atoms with E-state index in [1.165, 1.54) is 5.56 Å². The Morgan fingerprint density at radius 3 is 2.60 bits per heavy atom. The lowest BCUT2D eigenvalue weighted by molar-refractivity contribution is 0.182. The molecule has 0 amide bonds. The third kappa shape index (κ3) is 5.49. The first-order valence-electron chi connectivity index (χ1n) is 7.11. The zero-order valence-electron chi connectivity index (χ0n) is 13.3. The predicted molar refractivity (Wildman–Crippen MR) is 83.4 cm³/mol. The van der Waals surface area contributed by atoms with Crippen LogP contribution in [0.3, 0.4) is 0 Å². The van der Waals surface area contributed by atoms with Gasteiger partial charge in [-0.3, -0.25) is 0 Å². The molecule has 0 saturated carbocycles. The first-order chi connectivity index (χ1) is 9.58. The van der Waals surface area contributed by atoms with E-state index in [-0.39, 0.29) is 0 Å². The minimum atomic E-state index is 0.329. The number of methoxy groups -OCH3 is 2. The maximum absolute atomic E-state index is 5.31. The van der Waals surface area contributed by atoms with Gasteiger partial charge in [0.05, 0.1) is 7.11 Å². The normalized spacial score (nSPS) is 14.3. The van der Waals surface area contributed by atoms with Crippen molar-refractivity contribution in [1.29, 1.82) is 0 Å². The molecule has 0 aliphatic rings. The van der Waals surface area contributed by atoms with Gasteiger partial charge < -0.3 is 19.7 Å². The van der Waals surface area contributed by atoms with Crippen LogP contribution in [0.15, 0.2) is 24.3 Å². The molecule has 4 heteroatoms. The highest BCUT2D eigenvalue weighted by molar-refractivity contribution is 5.30. The highest BCUT2D eigenvalue weighted by atomic mass is 16.5. The van der Waals surface area contributed by atoms with Crippen molar-refractivity contribution in [2.45, 2.75) is 25.4 Å². The second-order valence-electron chi connectivity index (χ2n) is 5.35. The molecule has 2 atom stereocenters. The predicted octanol–water partition coefficient (Wildman–Crippen LogP) is 2.31. The van der Waals surface area contributed by atoms with Crippen molar-refractivity contribution >= 4 is 0 Å². The number of likely N-dealkylation sites (N-methyl/N-ethyl adjacent to an activating group) is 1. The molecule has 1 N–H and O–H groups in total. The summed E-state index contributed by atoms with van der Waals surface area (Å²) in [4.78, 5) is 2.23. The molecule has 0 spiro atoms. The molecule has 0 aromatic heterocycles. The summed E-state index contributed by atoms with van der Waals surface area (Å²) in [5.74, 6) is 0.904. The largest absolute Gasteiger partial charge is 0.497 e. The summed E-state index contributed by atoms with van der Waals surface area (Å²) in [5.41, 5.74) is 1.26. The second-order valence-corrected chi connectivity index (χ2v) is 5.35. The molecule has 0 radical (unpaired) electrons. The SMILES string of the molecule is COCCC(C)NCC(c1cccc(OC)c1)N(C)C. The fourth-order valence-corrected chi connectivity index (χ4v) is 2.16. The van der Waals surface area contributed by atoms with Crippen molar-refractivity contribution < 1.29 is 9.47 Å². The van der Waals surface area contributed by atoms with Gasteiger partial charge in [0.25, 0.3) is 0 Å². The third-order valence-electron chi connectivity index (χ3n) is 3.52. The summed E-state index contributed by atoms with van der Waals surface area (Å²) in [6.45, 7) is 3.89. The molecule has 0 heterocycles. The average molecular weight is 280 g/mol. The lowest BCUT2D eigenvalue weighted by Gasteiger charge is -2.27. The Hall–Kier alpha value is -1.10. The Morgan fingerprint density at radius 1 is 1.25 bits per heavy atom. The molecule has 0 saturated heterocycles. The second kappa shape index (κ2) is 8.95. The number of hydrogen-bond acceptors (Lipinski definition) is 4. The van der Waals surface area contributed by atoms with Gasteiger partial charge in [-0.2, -0.15) is 0 Å². The molecule has 20 heavy (non-hydrogen) atoms. The molecule has 0 fully saturated rings. The van der Waals surface area contributed by atoms with E-state index in [1.807, 2.05) is 12.1 Å². The molecule has 0 bridgehead atoms. The minimum Gasteiger partial charge on any atom is -0.497 e. The van der Waals surface area contributed by atoms with Crippen LogP contribution >= 0.6 is 0 Å². The first-order valence-corrected chi connectivity index (χ1v) is 7.11. The topological polar surface area (TPSA) is 33.7 Å². The van der Waals surface area contributed by atoms with E-state index in [4.69, 9.17) is 9.47 Å². The van der Waals surface area contributed by atoms with E-state index in [1.54, 1.807) is 14.2 Å². The zero-order chi connectivity index (χ0) is 15.0. The van der Waals surface area contributed by atoms with Crippen LogP contribution in [-0.4, -0.2) is 52.4 Å². The van der Waals surface area contributed by atoms with Gasteiger partial charge in [-0.1, -0.05) is 12.1 Å². The Labute approximate surface area is 123 Å². The van der Waals surface area contributed by atoms with E-state index in [2.05, 4.69) is 43.4 Å². The molecule has 2 unspecified atom stereocenters. The number of nitrogens with zero attached hydrogens (tertiary/aromatic N) is 1. The third-order valence-corrected chi connectivity index (χ3v) is 3.52. The van der Waals surface area contributed by atoms with Crippen LogP contribution in [0.25, 0.3) is 0 Å². The number of benzene rings is 1. The zero-order valence-corrected chi connectivity index (χ0v) is 13.3. The standard InChI is InChI=1S/C16H28N2O2/c1-13(9-10-19-4)17-12-16(18(2)3)14-7-6-8-15(11-14)20-5/h6-8,11,13,16-17H,9-10,12H2,1-5H3. The molecule has 114 valence electrons. The average Bonchev–Trinajstić information content (AvgIpc) is 2.45. The van der Waals surface area contributed by atoms with Gasteiger partial charge in [-0.25, -0.2) is 0 Å². The van der Waals surface area contributed by atoms with Crippen molar-refractivity contribution in [2.75, 3.05) is 41.5 Å². The van der Waals surface area contributed by atoms with Crippen molar-refractivity contribution in [3.8, 4) is 5.75 Å². The molecule has 1 aromatic carbocycles. The van der Waals surface area contributed by atoms with E-state index in [0.29, 0.717) is 12.1 Å². The van der Waals surface area contributed by atoms with Gasteiger partial charge in [-0.05, 0) is 45.1 Å². The maximum atomic E-state index is 5.31. The quantitative estimate of drug-likeness (QED) is 0.752. The number of nitrogens with one attached hydrogen (secondary N) is 1. The number of hydrogen-bond donors (Lipinski definition) is 1. The summed E-state index contributed by atoms with van der Waals surface area (Å²) in [5, 5.41) is 3.57. The highest BCUT2D eigenvalue weighted by Crippen LogP contribution is 2.22. The molecule has 1 aromatic rings. The molecule has 1 rings (SSSR count). The summed E-state index contributed by atoms with van der Waals surface area (Å²) < 4.78 is 10.4. The Morgan fingerprint density at radius 2 is 2.00 bits per heavy atom. The minimum absolute atomic E-state index is 0.329. The van der Waals surface area contributed by atoms with Gasteiger partial charge >= 0.3 is 0 Å². The number of rotatable bonds is 9. The van der Waals surface area contributed by atoms with Gasteiger partial charge in [0, 0.05) is 32.3 Å². The van der Waals surface area contributed by atoms with Gasteiger partial charge in [0.1, 0.15) is 5.75 Å². The van der Waals surface area contributed by atoms with Crippen molar-refractivity contribution in [3.05, 3.63) is 29.8 Å². The van der Waals surface area contributed by atoms with E-state index in [9.17, 15) is 0 Å².